The van der Waals surface area contributed by atoms with Crippen LogP contribution in [0.25, 0.3) is 0 Å². The van der Waals surface area contributed by atoms with E-state index in [9.17, 15) is 0 Å². The van der Waals surface area contributed by atoms with Gasteiger partial charge in [-0.25, -0.2) is 4.98 Å². The average Bonchev–Trinajstić information content (AvgIpc) is 2.33. The Morgan fingerprint density at radius 3 is 2.68 bits per heavy atom. The molecule has 0 radical (unpaired) electrons. The molecule has 0 aliphatic carbocycles. The van der Waals surface area contributed by atoms with Crippen molar-refractivity contribution in [2.45, 2.75) is 45.6 Å². The molecule has 0 atom stereocenters. The summed E-state index contributed by atoms with van der Waals surface area (Å²) >= 11 is 0. The average molecular weight is 266 g/mol. The van der Waals surface area contributed by atoms with Crippen molar-refractivity contribution in [3.05, 3.63) is 18.3 Å². The van der Waals surface area contributed by atoms with Crippen LogP contribution in [-0.2, 0) is 9.47 Å². The van der Waals surface area contributed by atoms with Gasteiger partial charge >= 0.3 is 0 Å². The van der Waals surface area contributed by atoms with Crippen LogP contribution < -0.4 is 10.1 Å². The second-order valence-corrected chi connectivity index (χ2v) is 5.39. The van der Waals surface area contributed by atoms with Crippen LogP contribution in [0.4, 0.5) is 5.69 Å². The summed E-state index contributed by atoms with van der Waals surface area (Å²) in [6.45, 7) is 8.99. The summed E-state index contributed by atoms with van der Waals surface area (Å²) in [6.07, 6.45) is 1.81. The molecule has 1 aliphatic rings. The van der Waals surface area contributed by atoms with E-state index in [1.54, 1.807) is 6.20 Å². The Morgan fingerprint density at radius 1 is 1.37 bits per heavy atom. The standard InChI is InChI=1S/C14H22N2O3/c1-10(2)19-13-12(6-5-7-15-13)16-11-8-17-14(3,4)18-9-11/h5-7,10-11,16H,8-9H2,1-4H3. The molecule has 0 saturated carbocycles. The van der Waals surface area contributed by atoms with Gasteiger partial charge in [0.25, 0.3) is 0 Å². The van der Waals surface area contributed by atoms with Crippen LogP contribution in [0.1, 0.15) is 27.7 Å². The highest BCUT2D eigenvalue weighted by molar-refractivity contribution is 5.52. The summed E-state index contributed by atoms with van der Waals surface area (Å²) in [7, 11) is 0. The predicted octanol–water partition coefficient (Wildman–Crippen LogP) is 2.43. The number of nitrogens with one attached hydrogen (secondary N) is 1. The van der Waals surface area contributed by atoms with Crippen molar-refractivity contribution in [2.24, 2.45) is 0 Å². The van der Waals surface area contributed by atoms with Crippen molar-refractivity contribution in [1.29, 1.82) is 0 Å². The van der Waals surface area contributed by atoms with Crippen LogP contribution in [0.15, 0.2) is 18.3 Å². The predicted molar refractivity (Wildman–Crippen MR) is 73.4 cm³/mol. The Kier molecular flexibility index (Phi) is 4.27. The minimum Gasteiger partial charge on any atom is -0.473 e. The van der Waals surface area contributed by atoms with Crippen LogP contribution in [0.5, 0.6) is 5.88 Å². The molecule has 0 spiro atoms. The van der Waals surface area contributed by atoms with E-state index in [-0.39, 0.29) is 12.1 Å². The lowest BCUT2D eigenvalue weighted by Crippen LogP contribution is -2.45. The van der Waals surface area contributed by atoms with Gasteiger partial charge in [-0.3, -0.25) is 0 Å². The molecule has 19 heavy (non-hydrogen) atoms. The Balaban J connectivity index is 1.99. The first kappa shape index (κ1) is 14.1. The first-order chi connectivity index (χ1) is 8.96. The molecule has 2 rings (SSSR count). The second kappa shape index (κ2) is 5.75. The molecule has 1 fully saturated rings. The second-order valence-electron chi connectivity index (χ2n) is 5.39. The number of hydrogen-bond donors (Lipinski definition) is 1. The van der Waals surface area contributed by atoms with Gasteiger partial charge in [-0.1, -0.05) is 0 Å². The molecule has 5 nitrogen and oxygen atoms in total. The Bertz CT molecular complexity index is 411. The lowest BCUT2D eigenvalue weighted by molar-refractivity contribution is -0.247. The van der Waals surface area contributed by atoms with Crippen molar-refractivity contribution in [2.75, 3.05) is 18.5 Å². The summed E-state index contributed by atoms with van der Waals surface area (Å²) in [5.41, 5.74) is 0.869. The lowest BCUT2D eigenvalue weighted by atomic mass is 10.2. The molecule has 1 N–H and O–H groups in total. The SMILES string of the molecule is CC(C)Oc1ncccc1NC1COC(C)(C)OC1. The summed E-state index contributed by atoms with van der Waals surface area (Å²) in [4.78, 5) is 4.25. The zero-order chi connectivity index (χ0) is 13.9. The number of hydrogen-bond acceptors (Lipinski definition) is 5. The van der Waals surface area contributed by atoms with E-state index in [2.05, 4.69) is 10.3 Å². The molecule has 0 aromatic carbocycles. The summed E-state index contributed by atoms with van der Waals surface area (Å²) in [6, 6.07) is 3.93. The molecule has 2 heterocycles. The smallest absolute Gasteiger partial charge is 0.237 e. The molecule has 106 valence electrons. The first-order valence-corrected chi connectivity index (χ1v) is 6.62. The van der Waals surface area contributed by atoms with Crippen molar-refractivity contribution >= 4 is 5.69 Å². The topological polar surface area (TPSA) is 52.6 Å². The van der Waals surface area contributed by atoms with E-state index in [4.69, 9.17) is 14.2 Å². The van der Waals surface area contributed by atoms with Gasteiger partial charge in [0.15, 0.2) is 5.79 Å². The monoisotopic (exact) mass is 266 g/mol. The minimum atomic E-state index is -0.496. The molecule has 1 aromatic heterocycles. The van der Waals surface area contributed by atoms with Crippen molar-refractivity contribution in [3.63, 3.8) is 0 Å². The van der Waals surface area contributed by atoms with E-state index < -0.39 is 5.79 Å². The number of nitrogens with zero attached hydrogens (tertiary/aromatic N) is 1. The molecule has 1 aliphatic heterocycles. The highest BCUT2D eigenvalue weighted by Gasteiger charge is 2.28. The third-order valence-electron chi connectivity index (χ3n) is 2.74. The fourth-order valence-corrected chi connectivity index (χ4v) is 1.81. The van der Waals surface area contributed by atoms with E-state index in [1.165, 1.54) is 0 Å². The zero-order valence-corrected chi connectivity index (χ0v) is 12.0. The highest BCUT2D eigenvalue weighted by atomic mass is 16.7. The van der Waals surface area contributed by atoms with Crippen LogP contribution in [0.2, 0.25) is 0 Å². The van der Waals surface area contributed by atoms with Gasteiger partial charge in [0.2, 0.25) is 5.88 Å². The van der Waals surface area contributed by atoms with Crippen molar-refractivity contribution in [3.8, 4) is 5.88 Å². The maximum Gasteiger partial charge on any atom is 0.237 e. The van der Waals surface area contributed by atoms with E-state index in [0.717, 1.165) is 5.69 Å². The molecule has 0 amide bonds. The summed E-state index contributed by atoms with van der Waals surface area (Å²) < 4.78 is 16.9. The Morgan fingerprint density at radius 2 is 2.05 bits per heavy atom. The molecule has 0 bridgehead atoms. The number of ether oxygens (including phenoxy) is 3. The largest absolute Gasteiger partial charge is 0.473 e. The van der Waals surface area contributed by atoms with E-state index in [0.29, 0.717) is 19.1 Å². The minimum absolute atomic E-state index is 0.0910. The lowest BCUT2D eigenvalue weighted by Gasteiger charge is -2.35. The van der Waals surface area contributed by atoms with Crippen molar-refractivity contribution in [1.82, 2.24) is 4.98 Å². The highest BCUT2D eigenvalue weighted by Crippen LogP contribution is 2.25. The molecular formula is C14H22N2O3. The molecule has 1 aromatic rings. The van der Waals surface area contributed by atoms with E-state index in [1.807, 2.05) is 39.8 Å². The normalized spacial score (nSPS) is 19.4. The molecular weight excluding hydrogens is 244 g/mol. The number of aromatic nitrogens is 1. The first-order valence-electron chi connectivity index (χ1n) is 6.62. The Labute approximate surface area is 114 Å². The third kappa shape index (κ3) is 4.08. The number of pyridine rings is 1. The van der Waals surface area contributed by atoms with Gasteiger partial charge in [-0.15, -0.1) is 0 Å². The third-order valence-corrected chi connectivity index (χ3v) is 2.74. The van der Waals surface area contributed by atoms with Crippen LogP contribution in [-0.4, -0.2) is 36.1 Å². The molecule has 0 unspecified atom stereocenters. The van der Waals surface area contributed by atoms with Crippen molar-refractivity contribution < 1.29 is 14.2 Å². The number of rotatable bonds is 4. The van der Waals surface area contributed by atoms with Gasteiger partial charge in [0, 0.05) is 6.20 Å². The van der Waals surface area contributed by atoms with E-state index >= 15 is 0 Å². The van der Waals surface area contributed by atoms with Gasteiger partial charge in [0.05, 0.1) is 31.0 Å². The van der Waals surface area contributed by atoms with Crippen LogP contribution in [0, 0.1) is 0 Å². The summed E-state index contributed by atoms with van der Waals surface area (Å²) in [5, 5.41) is 3.36. The van der Waals surface area contributed by atoms with Gasteiger partial charge in [-0.2, -0.15) is 0 Å². The molecule has 5 heteroatoms. The fraction of sp³-hybridized carbons (Fsp3) is 0.643. The molecule has 1 saturated heterocycles. The maximum absolute atomic E-state index is 5.67. The van der Waals surface area contributed by atoms with Crippen LogP contribution >= 0.6 is 0 Å². The maximum atomic E-state index is 5.67. The Hall–Kier alpha value is -1.33. The summed E-state index contributed by atoms with van der Waals surface area (Å²) in [5.74, 6) is 0.118. The van der Waals surface area contributed by atoms with Gasteiger partial charge in [-0.05, 0) is 39.8 Å². The quantitative estimate of drug-likeness (QED) is 0.907. The van der Waals surface area contributed by atoms with Gasteiger partial charge in [0.1, 0.15) is 0 Å². The fourth-order valence-electron chi connectivity index (χ4n) is 1.81. The number of anilines is 1. The van der Waals surface area contributed by atoms with Gasteiger partial charge < -0.3 is 19.5 Å². The zero-order valence-electron chi connectivity index (χ0n) is 12.0. The van der Waals surface area contributed by atoms with Crippen LogP contribution in [0.3, 0.4) is 0 Å².